The number of fused-ring (bicyclic) bond motifs is 1. The Bertz CT molecular complexity index is 1180. The van der Waals surface area contributed by atoms with E-state index >= 15 is 0 Å². The van der Waals surface area contributed by atoms with Gasteiger partial charge in [0.05, 0.1) is 30.2 Å². The lowest BCUT2D eigenvalue weighted by molar-refractivity contribution is 0.120. The molecule has 0 saturated carbocycles. The van der Waals surface area contributed by atoms with Crippen LogP contribution in [0.1, 0.15) is 29.7 Å². The molecule has 1 atom stereocenters. The van der Waals surface area contributed by atoms with Crippen LogP contribution in [0.4, 0.5) is 24.7 Å². The van der Waals surface area contributed by atoms with Gasteiger partial charge in [0.15, 0.2) is 22.9 Å². The summed E-state index contributed by atoms with van der Waals surface area (Å²) in [6.07, 6.45) is 0. The summed E-state index contributed by atoms with van der Waals surface area (Å²) in [6, 6.07) is 4.94. The number of halogens is 3. The third-order valence-corrected chi connectivity index (χ3v) is 5.62. The number of hydrogen-bond donors (Lipinski definition) is 1. The van der Waals surface area contributed by atoms with Crippen LogP contribution in [0.25, 0.3) is 11.0 Å². The molecular weight excluding hydrogens is 409 g/mol. The molecule has 1 aliphatic rings. The molecule has 164 valence electrons. The van der Waals surface area contributed by atoms with Crippen LogP contribution in [0, 0.1) is 31.3 Å². The van der Waals surface area contributed by atoms with Crippen molar-refractivity contribution in [2.24, 2.45) is 0 Å². The van der Waals surface area contributed by atoms with Gasteiger partial charge in [0.2, 0.25) is 5.88 Å². The molecule has 2 heterocycles. The fraction of sp³-hybridized carbons (Fsp3) is 0.348. The van der Waals surface area contributed by atoms with Gasteiger partial charge >= 0.3 is 0 Å². The summed E-state index contributed by atoms with van der Waals surface area (Å²) in [5, 5.41) is 3.44. The van der Waals surface area contributed by atoms with Crippen LogP contribution >= 0.6 is 0 Å². The summed E-state index contributed by atoms with van der Waals surface area (Å²) in [7, 11) is 0. The number of rotatable bonds is 4. The molecule has 8 heteroatoms. The lowest BCUT2D eigenvalue weighted by Gasteiger charge is -2.29. The van der Waals surface area contributed by atoms with Crippen molar-refractivity contribution in [1.82, 2.24) is 0 Å². The average Bonchev–Trinajstić information content (AvgIpc) is 2.75. The van der Waals surface area contributed by atoms with Gasteiger partial charge in [0, 0.05) is 36.5 Å². The van der Waals surface area contributed by atoms with Crippen LogP contribution in [0.5, 0.6) is 0 Å². The molecule has 1 aliphatic heterocycles. The lowest BCUT2D eigenvalue weighted by atomic mass is 9.99. The molecule has 1 N–H and O–H groups in total. The minimum atomic E-state index is -1.52. The SMILES string of the molecule is Cc1c(N2CCOCC2)oc2c(C(C)Nc3cc(F)c(F)c(F)c3)ccc(C)c2c1=O. The molecular formula is C23H23F3N2O3. The van der Waals surface area contributed by atoms with Crippen LogP contribution in [0.3, 0.4) is 0 Å². The number of anilines is 2. The molecule has 0 radical (unpaired) electrons. The monoisotopic (exact) mass is 432 g/mol. The quantitative estimate of drug-likeness (QED) is 0.598. The Morgan fingerprint density at radius 3 is 2.35 bits per heavy atom. The summed E-state index contributed by atoms with van der Waals surface area (Å²) in [4.78, 5) is 15.2. The normalized spacial score (nSPS) is 15.4. The van der Waals surface area contributed by atoms with E-state index in [-0.39, 0.29) is 11.1 Å². The maximum absolute atomic E-state index is 13.6. The minimum Gasteiger partial charge on any atom is -0.440 e. The largest absolute Gasteiger partial charge is 0.440 e. The van der Waals surface area contributed by atoms with Crippen molar-refractivity contribution in [3.8, 4) is 0 Å². The van der Waals surface area contributed by atoms with Crippen LogP contribution in [0.15, 0.2) is 33.5 Å². The molecule has 1 aromatic heterocycles. The van der Waals surface area contributed by atoms with Crippen molar-refractivity contribution >= 4 is 22.5 Å². The van der Waals surface area contributed by atoms with Gasteiger partial charge in [-0.05, 0) is 26.3 Å². The zero-order chi connectivity index (χ0) is 22.3. The van der Waals surface area contributed by atoms with Gasteiger partial charge in [-0.2, -0.15) is 0 Å². The van der Waals surface area contributed by atoms with Crippen molar-refractivity contribution in [3.63, 3.8) is 0 Å². The fourth-order valence-electron chi connectivity index (χ4n) is 3.92. The molecule has 0 bridgehead atoms. The Morgan fingerprint density at radius 1 is 1.06 bits per heavy atom. The number of hydrogen-bond acceptors (Lipinski definition) is 5. The average molecular weight is 432 g/mol. The zero-order valence-corrected chi connectivity index (χ0v) is 17.5. The van der Waals surface area contributed by atoms with Gasteiger partial charge in [-0.3, -0.25) is 4.79 Å². The molecule has 3 aromatic rings. The highest BCUT2D eigenvalue weighted by Crippen LogP contribution is 2.32. The molecule has 1 unspecified atom stereocenters. The number of aryl methyl sites for hydroxylation is 1. The van der Waals surface area contributed by atoms with E-state index in [2.05, 4.69) is 5.32 Å². The third-order valence-electron chi connectivity index (χ3n) is 5.62. The number of nitrogens with one attached hydrogen (secondary N) is 1. The number of nitrogens with zero attached hydrogens (tertiary/aromatic N) is 1. The Labute approximate surface area is 177 Å². The summed E-state index contributed by atoms with van der Waals surface area (Å²) < 4.78 is 52.2. The predicted octanol–water partition coefficient (Wildman–Crippen LogP) is 4.84. The first-order valence-corrected chi connectivity index (χ1v) is 10.1. The van der Waals surface area contributed by atoms with Crippen LogP contribution < -0.4 is 15.6 Å². The highest BCUT2D eigenvalue weighted by Gasteiger charge is 2.23. The first kappa shape index (κ1) is 21.2. The molecule has 0 amide bonds. The van der Waals surface area contributed by atoms with E-state index in [1.165, 1.54) is 0 Å². The molecule has 0 aliphatic carbocycles. The lowest BCUT2D eigenvalue weighted by Crippen LogP contribution is -2.37. The van der Waals surface area contributed by atoms with Crippen molar-refractivity contribution < 1.29 is 22.3 Å². The number of morpholine rings is 1. The topological polar surface area (TPSA) is 54.7 Å². The summed E-state index contributed by atoms with van der Waals surface area (Å²) >= 11 is 0. The van der Waals surface area contributed by atoms with Crippen molar-refractivity contribution in [2.75, 3.05) is 36.5 Å². The first-order valence-electron chi connectivity index (χ1n) is 10.1. The maximum Gasteiger partial charge on any atom is 0.203 e. The second-order valence-corrected chi connectivity index (χ2v) is 7.76. The van der Waals surface area contributed by atoms with E-state index in [1.54, 1.807) is 13.8 Å². The van der Waals surface area contributed by atoms with E-state index in [9.17, 15) is 18.0 Å². The Kier molecular flexibility index (Phi) is 5.66. The Balaban J connectivity index is 1.81. The minimum absolute atomic E-state index is 0.0838. The third kappa shape index (κ3) is 3.87. The fourth-order valence-corrected chi connectivity index (χ4v) is 3.92. The van der Waals surface area contributed by atoms with Gasteiger partial charge in [0.1, 0.15) is 5.58 Å². The van der Waals surface area contributed by atoms with Gasteiger partial charge in [-0.1, -0.05) is 12.1 Å². The molecule has 1 saturated heterocycles. The number of benzene rings is 2. The van der Waals surface area contributed by atoms with E-state index in [1.807, 2.05) is 24.0 Å². The smallest absolute Gasteiger partial charge is 0.203 e. The van der Waals surface area contributed by atoms with E-state index in [0.29, 0.717) is 54.3 Å². The highest BCUT2D eigenvalue weighted by atomic mass is 19.2. The van der Waals surface area contributed by atoms with Crippen molar-refractivity contribution in [2.45, 2.75) is 26.8 Å². The van der Waals surface area contributed by atoms with Crippen molar-refractivity contribution in [3.05, 3.63) is 68.6 Å². The summed E-state index contributed by atoms with van der Waals surface area (Å²) in [6.45, 7) is 7.66. The van der Waals surface area contributed by atoms with Gasteiger partial charge < -0.3 is 19.4 Å². The standard InChI is InChI=1S/C23H23F3N2O3/c1-12-4-5-16(14(3)27-15-10-17(24)20(26)18(25)11-15)22-19(12)21(29)13(2)23(31-22)28-6-8-30-9-7-28/h4-5,10-11,14,27H,6-9H2,1-3H3. The maximum atomic E-state index is 13.6. The molecule has 31 heavy (non-hydrogen) atoms. The summed E-state index contributed by atoms with van der Waals surface area (Å²) in [5.74, 6) is -3.57. The molecule has 4 rings (SSSR count). The van der Waals surface area contributed by atoms with Crippen LogP contribution in [0.2, 0.25) is 0 Å². The van der Waals surface area contributed by atoms with Gasteiger partial charge in [-0.15, -0.1) is 0 Å². The second-order valence-electron chi connectivity index (χ2n) is 7.76. The first-order chi connectivity index (χ1) is 14.8. The Morgan fingerprint density at radius 2 is 1.71 bits per heavy atom. The summed E-state index contributed by atoms with van der Waals surface area (Å²) in [5.41, 5.74) is 2.33. The molecule has 1 fully saturated rings. The highest BCUT2D eigenvalue weighted by molar-refractivity contribution is 5.86. The van der Waals surface area contributed by atoms with Crippen LogP contribution in [-0.2, 0) is 4.74 Å². The predicted molar refractivity (Wildman–Crippen MR) is 113 cm³/mol. The van der Waals surface area contributed by atoms with Crippen LogP contribution in [-0.4, -0.2) is 26.3 Å². The van der Waals surface area contributed by atoms with Gasteiger partial charge in [-0.25, -0.2) is 13.2 Å². The second kappa shape index (κ2) is 8.26. The van der Waals surface area contributed by atoms with E-state index < -0.39 is 23.5 Å². The molecule has 0 spiro atoms. The zero-order valence-electron chi connectivity index (χ0n) is 17.5. The van der Waals surface area contributed by atoms with Gasteiger partial charge in [0.25, 0.3) is 0 Å². The molecule has 2 aromatic carbocycles. The van der Waals surface area contributed by atoms with Crippen molar-refractivity contribution in [1.29, 1.82) is 0 Å². The molecule has 5 nitrogen and oxygen atoms in total. The Hall–Kier alpha value is -3.00. The van der Waals surface area contributed by atoms with E-state index in [0.717, 1.165) is 17.7 Å². The number of ether oxygens (including phenoxy) is 1. The van der Waals surface area contributed by atoms with E-state index in [4.69, 9.17) is 9.15 Å².